The summed E-state index contributed by atoms with van der Waals surface area (Å²) in [6, 6.07) is 0. The Morgan fingerprint density at radius 3 is 2.74 bits per heavy atom. The van der Waals surface area contributed by atoms with Gasteiger partial charge in [-0.2, -0.15) is 5.11 Å². The fraction of sp³-hybridized carbons (Fsp3) is 0.722. The molecule has 0 unspecified atom stereocenters. The normalized spacial score (nSPS) is 36.3. The van der Waals surface area contributed by atoms with Crippen LogP contribution in [-0.4, -0.2) is 24.5 Å². The summed E-state index contributed by atoms with van der Waals surface area (Å²) in [6.07, 6.45) is 5.95. The SMILES string of the molecule is CC1(C)CC(=O)C2=C(C1)NC1=C(CN=N1)[C@]21COC2(CCC2)C1. The first-order valence-corrected chi connectivity index (χ1v) is 8.72. The summed E-state index contributed by atoms with van der Waals surface area (Å²) >= 11 is 0. The lowest BCUT2D eigenvalue weighted by molar-refractivity contribution is -0.119. The first kappa shape index (κ1) is 13.9. The molecule has 3 aliphatic heterocycles. The molecule has 2 spiro atoms. The Morgan fingerprint density at radius 1 is 1.22 bits per heavy atom. The van der Waals surface area contributed by atoms with E-state index in [2.05, 4.69) is 29.4 Å². The summed E-state index contributed by atoms with van der Waals surface area (Å²) < 4.78 is 6.30. The summed E-state index contributed by atoms with van der Waals surface area (Å²) in [5.41, 5.74) is 2.99. The van der Waals surface area contributed by atoms with Gasteiger partial charge in [0.1, 0.15) is 0 Å². The molecule has 0 bridgehead atoms. The van der Waals surface area contributed by atoms with Crippen LogP contribution >= 0.6 is 0 Å². The van der Waals surface area contributed by atoms with E-state index in [1.165, 1.54) is 12.0 Å². The minimum absolute atomic E-state index is 0.00337. The zero-order valence-electron chi connectivity index (χ0n) is 13.9. The Morgan fingerprint density at radius 2 is 2.04 bits per heavy atom. The molecule has 2 aliphatic carbocycles. The van der Waals surface area contributed by atoms with Crippen molar-refractivity contribution in [2.45, 2.75) is 58.0 Å². The van der Waals surface area contributed by atoms with Gasteiger partial charge >= 0.3 is 0 Å². The van der Waals surface area contributed by atoms with E-state index in [9.17, 15) is 4.79 Å². The monoisotopic (exact) mass is 313 g/mol. The van der Waals surface area contributed by atoms with Gasteiger partial charge in [-0.15, -0.1) is 5.11 Å². The summed E-state index contributed by atoms with van der Waals surface area (Å²) in [7, 11) is 0. The number of hydrogen-bond donors (Lipinski definition) is 1. The van der Waals surface area contributed by atoms with Crippen molar-refractivity contribution in [3.63, 3.8) is 0 Å². The van der Waals surface area contributed by atoms with Gasteiger partial charge in [0.15, 0.2) is 11.6 Å². The van der Waals surface area contributed by atoms with Crippen LogP contribution in [0.4, 0.5) is 0 Å². The fourth-order valence-electron chi connectivity index (χ4n) is 5.24. The predicted molar refractivity (Wildman–Crippen MR) is 84.5 cm³/mol. The van der Waals surface area contributed by atoms with Gasteiger partial charge in [-0.25, -0.2) is 0 Å². The maximum atomic E-state index is 13.1. The first-order valence-electron chi connectivity index (χ1n) is 8.72. The van der Waals surface area contributed by atoms with Crippen LogP contribution in [0.2, 0.25) is 0 Å². The quantitative estimate of drug-likeness (QED) is 0.746. The highest BCUT2D eigenvalue weighted by Gasteiger charge is 2.60. The third-order valence-electron chi connectivity index (χ3n) is 6.40. The summed E-state index contributed by atoms with van der Waals surface area (Å²) in [4.78, 5) is 13.1. The molecule has 23 heavy (non-hydrogen) atoms. The molecule has 122 valence electrons. The average molecular weight is 313 g/mol. The van der Waals surface area contributed by atoms with Crippen LogP contribution in [0, 0.1) is 10.8 Å². The second-order valence-corrected chi connectivity index (χ2v) is 8.73. The molecule has 0 aromatic heterocycles. The number of ether oxygens (including phenoxy) is 1. The Kier molecular flexibility index (Phi) is 2.49. The maximum absolute atomic E-state index is 13.1. The Balaban J connectivity index is 1.65. The van der Waals surface area contributed by atoms with Gasteiger partial charge in [-0.1, -0.05) is 13.8 Å². The van der Waals surface area contributed by atoms with Crippen molar-refractivity contribution in [1.29, 1.82) is 0 Å². The molecule has 2 fully saturated rings. The van der Waals surface area contributed by atoms with Gasteiger partial charge in [0.2, 0.25) is 0 Å². The lowest BCUT2D eigenvalue weighted by atomic mass is 9.59. The molecule has 0 amide bonds. The standard InChI is InChI=1S/C18H23N3O2/c1-16(2)6-12-14(13(22)7-16)18(11-8-19-21-15(11)20-12)9-17(23-10-18)4-3-5-17/h20H,3-10H2,1-2H3/t18-/m0/s1. The van der Waals surface area contributed by atoms with Gasteiger partial charge in [-0.3, -0.25) is 4.79 Å². The molecule has 0 aromatic rings. The van der Waals surface area contributed by atoms with Crippen LogP contribution in [0.3, 0.4) is 0 Å². The second kappa shape index (κ2) is 4.12. The van der Waals surface area contributed by atoms with E-state index in [4.69, 9.17) is 4.74 Å². The zero-order chi connectivity index (χ0) is 15.9. The molecule has 0 radical (unpaired) electrons. The number of nitrogens with one attached hydrogen (secondary N) is 1. The van der Waals surface area contributed by atoms with E-state index in [1.807, 2.05) is 0 Å². The number of carbonyl (C=O) groups is 1. The Labute approximate surface area is 136 Å². The average Bonchev–Trinajstić information content (AvgIpc) is 3.01. The molecule has 5 aliphatic rings. The molecule has 1 saturated carbocycles. The van der Waals surface area contributed by atoms with Crippen LogP contribution in [0.5, 0.6) is 0 Å². The predicted octanol–water partition coefficient (Wildman–Crippen LogP) is 3.24. The molecule has 5 nitrogen and oxygen atoms in total. The number of carbonyl (C=O) groups excluding carboxylic acids is 1. The van der Waals surface area contributed by atoms with E-state index in [-0.39, 0.29) is 16.4 Å². The maximum Gasteiger partial charge on any atom is 0.162 e. The van der Waals surface area contributed by atoms with E-state index in [0.29, 0.717) is 25.4 Å². The van der Waals surface area contributed by atoms with Crippen LogP contribution in [0.1, 0.15) is 52.4 Å². The first-order chi connectivity index (χ1) is 10.9. The number of fused-ring (bicyclic) bond motifs is 2. The fourth-order valence-corrected chi connectivity index (χ4v) is 5.24. The lowest BCUT2D eigenvalue weighted by Crippen LogP contribution is -2.45. The van der Waals surface area contributed by atoms with Crippen LogP contribution < -0.4 is 5.32 Å². The minimum Gasteiger partial charge on any atom is -0.374 e. The highest BCUT2D eigenvalue weighted by molar-refractivity contribution is 6.00. The van der Waals surface area contributed by atoms with Crippen LogP contribution in [-0.2, 0) is 9.53 Å². The molecule has 5 heteroatoms. The largest absolute Gasteiger partial charge is 0.374 e. The van der Waals surface area contributed by atoms with E-state index in [0.717, 1.165) is 42.8 Å². The van der Waals surface area contributed by atoms with Gasteiger partial charge in [0.05, 0.1) is 24.2 Å². The van der Waals surface area contributed by atoms with Crippen molar-refractivity contribution in [2.24, 2.45) is 21.1 Å². The molecular formula is C18H23N3O2. The van der Waals surface area contributed by atoms with Crippen molar-refractivity contribution in [1.82, 2.24) is 5.32 Å². The number of azo groups is 1. The number of ketones is 1. The number of dihydropyridines is 1. The summed E-state index contributed by atoms with van der Waals surface area (Å²) in [5, 5.41) is 12.0. The summed E-state index contributed by atoms with van der Waals surface area (Å²) in [5.74, 6) is 1.18. The van der Waals surface area contributed by atoms with E-state index >= 15 is 0 Å². The van der Waals surface area contributed by atoms with Gasteiger partial charge in [-0.05, 0) is 37.5 Å². The van der Waals surface area contributed by atoms with Gasteiger partial charge < -0.3 is 10.1 Å². The Bertz CT molecular complexity index is 712. The van der Waals surface area contributed by atoms with Crippen molar-refractivity contribution in [3.8, 4) is 0 Å². The molecule has 0 aromatic carbocycles. The minimum atomic E-state index is -0.270. The van der Waals surface area contributed by atoms with Crippen LogP contribution in [0.15, 0.2) is 32.9 Å². The smallest absolute Gasteiger partial charge is 0.162 e. The molecule has 1 saturated heterocycles. The van der Waals surface area contributed by atoms with Crippen LogP contribution in [0.25, 0.3) is 0 Å². The molecule has 1 N–H and O–H groups in total. The molecule has 5 rings (SSSR count). The van der Waals surface area contributed by atoms with Crippen molar-refractivity contribution in [3.05, 3.63) is 22.7 Å². The molecule has 3 heterocycles. The number of nitrogens with zero attached hydrogens (tertiary/aromatic N) is 2. The van der Waals surface area contributed by atoms with E-state index < -0.39 is 0 Å². The molecule has 1 atom stereocenters. The third kappa shape index (κ3) is 1.74. The van der Waals surface area contributed by atoms with Crippen molar-refractivity contribution in [2.75, 3.05) is 13.2 Å². The van der Waals surface area contributed by atoms with E-state index in [1.54, 1.807) is 0 Å². The molecular weight excluding hydrogens is 290 g/mol. The van der Waals surface area contributed by atoms with Crippen molar-refractivity contribution < 1.29 is 9.53 Å². The topological polar surface area (TPSA) is 63.0 Å². The van der Waals surface area contributed by atoms with Gasteiger partial charge in [0, 0.05) is 23.3 Å². The number of Topliss-reactive ketones (excluding diaryl/α,β-unsaturated/α-hetero) is 1. The second-order valence-electron chi connectivity index (χ2n) is 8.73. The Hall–Kier alpha value is -1.49. The highest BCUT2D eigenvalue weighted by atomic mass is 16.5. The number of rotatable bonds is 0. The van der Waals surface area contributed by atoms with Crippen molar-refractivity contribution >= 4 is 5.78 Å². The number of allylic oxidation sites excluding steroid dienone is 1. The highest BCUT2D eigenvalue weighted by Crippen LogP contribution is 2.60. The third-order valence-corrected chi connectivity index (χ3v) is 6.40. The van der Waals surface area contributed by atoms with Gasteiger partial charge in [0.25, 0.3) is 0 Å². The lowest BCUT2D eigenvalue weighted by Gasteiger charge is -2.44. The zero-order valence-corrected chi connectivity index (χ0v) is 13.9. The summed E-state index contributed by atoms with van der Waals surface area (Å²) in [6.45, 7) is 5.57. The number of hydrogen-bond acceptors (Lipinski definition) is 5.